The Kier molecular flexibility index (Phi) is 6.21. The first-order valence-electron chi connectivity index (χ1n) is 7.13. The van der Waals surface area contributed by atoms with Crippen molar-refractivity contribution in [3.05, 3.63) is 33.6 Å². The number of nitrogens with one attached hydrogen (secondary N) is 1. The molecular formula is C15H16Cl2FNO4. The lowest BCUT2D eigenvalue weighted by Gasteiger charge is -2.27. The van der Waals surface area contributed by atoms with Crippen LogP contribution in [0.3, 0.4) is 0 Å². The number of hydrogen-bond donors (Lipinski definition) is 2. The summed E-state index contributed by atoms with van der Waals surface area (Å²) in [6.45, 7) is 0.965. The van der Waals surface area contributed by atoms with Crippen LogP contribution in [0.5, 0.6) is 0 Å². The fraction of sp³-hybridized carbons (Fsp3) is 0.467. The largest absolute Gasteiger partial charge is 0.481 e. The highest BCUT2D eigenvalue weighted by molar-refractivity contribution is 6.36. The molecule has 126 valence electrons. The molecule has 0 radical (unpaired) electrons. The zero-order valence-corrected chi connectivity index (χ0v) is 13.7. The summed E-state index contributed by atoms with van der Waals surface area (Å²) in [7, 11) is 0. The summed E-state index contributed by atoms with van der Waals surface area (Å²) >= 11 is 11.5. The van der Waals surface area contributed by atoms with Crippen molar-refractivity contribution in [3.8, 4) is 0 Å². The highest BCUT2D eigenvalue weighted by atomic mass is 35.5. The van der Waals surface area contributed by atoms with Crippen LogP contribution < -0.4 is 5.32 Å². The van der Waals surface area contributed by atoms with Gasteiger partial charge in [0.2, 0.25) is 0 Å². The Hall–Kier alpha value is -1.37. The predicted molar refractivity (Wildman–Crippen MR) is 83.4 cm³/mol. The molecule has 8 heteroatoms. The quantitative estimate of drug-likeness (QED) is 0.788. The molecular weight excluding hydrogens is 348 g/mol. The minimum Gasteiger partial charge on any atom is -0.481 e. The molecule has 1 aromatic rings. The van der Waals surface area contributed by atoms with Crippen molar-refractivity contribution < 1.29 is 23.8 Å². The minimum absolute atomic E-state index is 0.00633. The van der Waals surface area contributed by atoms with Crippen molar-refractivity contribution in [3.63, 3.8) is 0 Å². The van der Waals surface area contributed by atoms with Gasteiger partial charge >= 0.3 is 5.97 Å². The molecule has 1 heterocycles. The Morgan fingerprint density at radius 2 is 1.96 bits per heavy atom. The number of rotatable bonds is 5. The van der Waals surface area contributed by atoms with Crippen molar-refractivity contribution in [1.29, 1.82) is 0 Å². The van der Waals surface area contributed by atoms with E-state index in [-0.39, 0.29) is 28.1 Å². The Morgan fingerprint density at radius 3 is 2.57 bits per heavy atom. The van der Waals surface area contributed by atoms with Crippen molar-refractivity contribution in [2.45, 2.75) is 12.8 Å². The highest BCUT2D eigenvalue weighted by Gasteiger charge is 2.30. The molecule has 2 rings (SSSR count). The predicted octanol–water partition coefficient (Wildman–Crippen LogP) is 2.99. The molecule has 2 N–H and O–H groups in total. The fourth-order valence-corrected chi connectivity index (χ4v) is 3.04. The molecule has 1 fully saturated rings. The third kappa shape index (κ3) is 4.56. The zero-order chi connectivity index (χ0) is 17.0. The summed E-state index contributed by atoms with van der Waals surface area (Å²) in [6.07, 6.45) is 1.26. The maximum Gasteiger partial charge on any atom is 0.308 e. The molecule has 23 heavy (non-hydrogen) atoms. The second-order valence-corrected chi connectivity index (χ2v) is 6.17. The smallest absolute Gasteiger partial charge is 0.308 e. The van der Waals surface area contributed by atoms with Gasteiger partial charge in [-0.1, -0.05) is 23.2 Å². The molecule has 5 nitrogen and oxygen atoms in total. The summed E-state index contributed by atoms with van der Waals surface area (Å²) in [5.74, 6) is -3.17. The van der Waals surface area contributed by atoms with Gasteiger partial charge < -0.3 is 15.2 Å². The molecule has 1 aromatic carbocycles. The Labute approximate surface area is 142 Å². The first-order chi connectivity index (χ1) is 10.9. The van der Waals surface area contributed by atoms with E-state index >= 15 is 0 Å². The third-order valence-corrected chi connectivity index (χ3v) is 4.49. The lowest BCUT2D eigenvalue weighted by atomic mass is 9.86. The number of amides is 1. The molecule has 1 aliphatic rings. The van der Waals surface area contributed by atoms with Crippen molar-refractivity contribution in [2.24, 2.45) is 11.8 Å². The second kappa shape index (κ2) is 7.95. The summed E-state index contributed by atoms with van der Waals surface area (Å²) in [5.41, 5.74) is -0.0790. The van der Waals surface area contributed by atoms with Crippen LogP contribution in [0.25, 0.3) is 0 Å². The van der Waals surface area contributed by atoms with Gasteiger partial charge in [0, 0.05) is 19.8 Å². The number of carbonyl (C=O) groups is 2. The summed E-state index contributed by atoms with van der Waals surface area (Å²) in [6, 6.07) is 2.07. The Balaban J connectivity index is 2.04. The standard InChI is InChI=1S/C15H16Cl2FNO4/c16-11-6-12(17)13(18)5-9(11)14(20)19-7-10(15(21)22)8-1-3-23-4-2-8/h5-6,8,10H,1-4,7H2,(H,19,20)(H,21,22). The van der Waals surface area contributed by atoms with Gasteiger partial charge in [0.15, 0.2) is 0 Å². The highest BCUT2D eigenvalue weighted by Crippen LogP contribution is 2.26. The van der Waals surface area contributed by atoms with Crippen LogP contribution in [0, 0.1) is 17.7 Å². The van der Waals surface area contributed by atoms with E-state index in [0.29, 0.717) is 26.1 Å². The van der Waals surface area contributed by atoms with Crippen LogP contribution >= 0.6 is 23.2 Å². The van der Waals surface area contributed by atoms with E-state index in [1.54, 1.807) is 0 Å². The van der Waals surface area contributed by atoms with Crippen LogP contribution in [-0.2, 0) is 9.53 Å². The van der Waals surface area contributed by atoms with E-state index in [0.717, 1.165) is 12.1 Å². The van der Waals surface area contributed by atoms with Gasteiger partial charge in [-0.05, 0) is 30.9 Å². The summed E-state index contributed by atoms with van der Waals surface area (Å²) in [5, 5.41) is 11.7. The molecule has 1 saturated heterocycles. The first kappa shape index (κ1) is 18.0. The fourth-order valence-electron chi connectivity index (χ4n) is 2.57. The van der Waals surface area contributed by atoms with Gasteiger partial charge in [0.05, 0.1) is 21.5 Å². The van der Waals surface area contributed by atoms with Crippen molar-refractivity contribution in [1.82, 2.24) is 5.32 Å². The van der Waals surface area contributed by atoms with E-state index in [4.69, 9.17) is 27.9 Å². The number of halogens is 3. The monoisotopic (exact) mass is 363 g/mol. The molecule has 1 amide bonds. The maximum atomic E-state index is 13.5. The number of hydrogen-bond acceptors (Lipinski definition) is 3. The SMILES string of the molecule is O=C(NCC(C(=O)O)C1CCOCC1)c1cc(F)c(Cl)cc1Cl. The number of carboxylic acids is 1. The van der Waals surface area contributed by atoms with Crippen LogP contribution in [-0.4, -0.2) is 36.7 Å². The van der Waals surface area contributed by atoms with Crippen molar-refractivity contribution in [2.75, 3.05) is 19.8 Å². The molecule has 1 aliphatic heterocycles. The van der Waals surface area contributed by atoms with Crippen LogP contribution in [0.4, 0.5) is 4.39 Å². The number of benzene rings is 1. The maximum absolute atomic E-state index is 13.5. The molecule has 1 unspecified atom stereocenters. The summed E-state index contributed by atoms with van der Waals surface area (Å²) in [4.78, 5) is 23.5. The molecule has 0 bridgehead atoms. The van der Waals surface area contributed by atoms with E-state index < -0.39 is 23.6 Å². The lowest BCUT2D eigenvalue weighted by molar-refractivity contribution is -0.144. The van der Waals surface area contributed by atoms with E-state index in [2.05, 4.69) is 5.32 Å². The van der Waals surface area contributed by atoms with E-state index in [9.17, 15) is 19.1 Å². The molecule has 0 saturated carbocycles. The number of ether oxygens (including phenoxy) is 1. The average Bonchev–Trinajstić information content (AvgIpc) is 2.51. The van der Waals surface area contributed by atoms with Gasteiger partial charge in [0.1, 0.15) is 5.82 Å². The van der Waals surface area contributed by atoms with Crippen LogP contribution in [0.2, 0.25) is 10.0 Å². The van der Waals surface area contributed by atoms with Gasteiger partial charge in [0.25, 0.3) is 5.91 Å². The van der Waals surface area contributed by atoms with Gasteiger partial charge in [-0.2, -0.15) is 0 Å². The zero-order valence-electron chi connectivity index (χ0n) is 12.2. The number of carbonyl (C=O) groups excluding carboxylic acids is 1. The molecule has 0 aliphatic carbocycles. The number of carboxylic acid groups (broad SMARTS) is 1. The first-order valence-corrected chi connectivity index (χ1v) is 7.89. The second-order valence-electron chi connectivity index (χ2n) is 5.35. The van der Waals surface area contributed by atoms with Crippen molar-refractivity contribution >= 4 is 35.1 Å². The number of aliphatic carboxylic acids is 1. The van der Waals surface area contributed by atoms with Crippen LogP contribution in [0.15, 0.2) is 12.1 Å². The molecule has 1 atom stereocenters. The lowest BCUT2D eigenvalue weighted by Crippen LogP contribution is -2.39. The van der Waals surface area contributed by atoms with Gasteiger partial charge in [-0.15, -0.1) is 0 Å². The third-order valence-electron chi connectivity index (χ3n) is 3.89. The average molecular weight is 364 g/mol. The van der Waals surface area contributed by atoms with E-state index in [1.807, 2.05) is 0 Å². The normalized spacial score (nSPS) is 16.8. The summed E-state index contributed by atoms with van der Waals surface area (Å²) < 4.78 is 18.7. The van der Waals surface area contributed by atoms with Crippen LogP contribution in [0.1, 0.15) is 23.2 Å². The topological polar surface area (TPSA) is 75.6 Å². The molecule has 0 spiro atoms. The Bertz CT molecular complexity index is 605. The minimum atomic E-state index is -0.981. The van der Waals surface area contributed by atoms with Gasteiger partial charge in [-0.3, -0.25) is 9.59 Å². The van der Waals surface area contributed by atoms with Gasteiger partial charge in [-0.25, -0.2) is 4.39 Å². The van der Waals surface area contributed by atoms with E-state index in [1.165, 1.54) is 0 Å². The Morgan fingerprint density at radius 1 is 1.30 bits per heavy atom. The molecule has 0 aromatic heterocycles.